The smallest absolute Gasteiger partial charge is 0.255 e. The van der Waals surface area contributed by atoms with Crippen LogP contribution in [0.15, 0.2) is 54.9 Å². The second kappa shape index (κ2) is 8.70. The lowest BCUT2D eigenvalue weighted by molar-refractivity contribution is -0.117. The Kier molecular flexibility index (Phi) is 5.57. The highest BCUT2D eigenvalue weighted by Gasteiger charge is 2.31. The van der Waals surface area contributed by atoms with Crippen molar-refractivity contribution in [3.8, 4) is 11.3 Å². The summed E-state index contributed by atoms with van der Waals surface area (Å²) in [7, 11) is 0. The van der Waals surface area contributed by atoms with E-state index in [-0.39, 0.29) is 23.8 Å². The maximum Gasteiger partial charge on any atom is 0.255 e. The minimum atomic E-state index is -0.166. The third-order valence-electron chi connectivity index (χ3n) is 5.90. The van der Waals surface area contributed by atoms with Gasteiger partial charge in [-0.2, -0.15) is 5.10 Å². The minimum Gasteiger partial charge on any atom is -0.322 e. The van der Waals surface area contributed by atoms with E-state index in [2.05, 4.69) is 20.6 Å². The van der Waals surface area contributed by atoms with Gasteiger partial charge in [-0.1, -0.05) is 29.8 Å². The second-order valence-corrected chi connectivity index (χ2v) is 8.97. The molecular formula is C26H26N6O2. The first kappa shape index (κ1) is 21.8. The number of aromatic nitrogens is 4. The monoisotopic (exact) mass is 454 g/mol. The molecular weight excluding hydrogens is 428 g/mol. The maximum absolute atomic E-state index is 12.6. The first-order valence-corrected chi connectivity index (χ1v) is 11.4. The van der Waals surface area contributed by atoms with Crippen molar-refractivity contribution in [3.63, 3.8) is 0 Å². The summed E-state index contributed by atoms with van der Waals surface area (Å²) in [5, 5.41) is 11.4. The summed E-state index contributed by atoms with van der Waals surface area (Å²) in [5.74, 6) is 0.351. The third kappa shape index (κ3) is 4.26. The average Bonchev–Trinajstić information content (AvgIpc) is 3.60. The highest BCUT2D eigenvalue weighted by molar-refractivity contribution is 6.06. The molecule has 34 heavy (non-hydrogen) atoms. The van der Waals surface area contributed by atoms with Crippen molar-refractivity contribution >= 4 is 34.4 Å². The molecule has 2 N–H and O–H groups in total. The molecule has 0 bridgehead atoms. The first-order chi connectivity index (χ1) is 16.4. The number of benzene rings is 2. The molecule has 2 amide bonds. The Balaban J connectivity index is 1.47. The number of carbonyl (C=O) groups excluding carboxylic acids is 2. The fourth-order valence-corrected chi connectivity index (χ4v) is 3.81. The van der Waals surface area contributed by atoms with E-state index in [0.717, 1.165) is 24.0 Å². The van der Waals surface area contributed by atoms with Gasteiger partial charge in [-0.3, -0.25) is 9.59 Å². The van der Waals surface area contributed by atoms with Gasteiger partial charge in [0.05, 0.1) is 5.39 Å². The van der Waals surface area contributed by atoms with Gasteiger partial charge in [0, 0.05) is 28.8 Å². The Bertz CT molecular complexity index is 1370. The molecule has 0 atom stereocenters. The summed E-state index contributed by atoms with van der Waals surface area (Å²) in [5.41, 5.74) is 4.58. The van der Waals surface area contributed by atoms with Gasteiger partial charge in [-0.15, -0.1) is 0 Å². The Hall–Kier alpha value is -4.07. The van der Waals surface area contributed by atoms with Crippen LogP contribution in [-0.4, -0.2) is 31.6 Å². The van der Waals surface area contributed by atoms with Crippen LogP contribution in [0.3, 0.4) is 0 Å². The van der Waals surface area contributed by atoms with Gasteiger partial charge in [0.15, 0.2) is 5.65 Å². The number of fused-ring (bicyclic) bond motifs is 1. The number of anilines is 2. The second-order valence-electron chi connectivity index (χ2n) is 8.97. The molecule has 1 fully saturated rings. The lowest BCUT2D eigenvalue weighted by Gasteiger charge is -2.08. The van der Waals surface area contributed by atoms with Crippen molar-refractivity contribution in [2.75, 3.05) is 10.6 Å². The topological polar surface area (TPSA) is 102 Å². The van der Waals surface area contributed by atoms with E-state index in [9.17, 15) is 9.59 Å². The van der Waals surface area contributed by atoms with Crippen molar-refractivity contribution in [3.05, 3.63) is 66.0 Å². The number of nitrogens with one attached hydrogen (secondary N) is 2. The van der Waals surface area contributed by atoms with Gasteiger partial charge in [0.25, 0.3) is 5.91 Å². The van der Waals surface area contributed by atoms with Gasteiger partial charge < -0.3 is 10.6 Å². The number of carbonyl (C=O) groups is 2. The molecule has 8 heteroatoms. The normalized spacial score (nSPS) is 13.3. The van der Waals surface area contributed by atoms with Crippen LogP contribution in [0.1, 0.15) is 48.7 Å². The van der Waals surface area contributed by atoms with Crippen LogP contribution in [-0.2, 0) is 4.79 Å². The summed E-state index contributed by atoms with van der Waals surface area (Å²) < 4.78 is 1.84. The highest BCUT2D eigenvalue weighted by Crippen LogP contribution is 2.35. The fraction of sp³-hybridized carbons (Fsp3) is 0.269. The number of nitrogens with zero attached hydrogens (tertiary/aromatic N) is 4. The zero-order valence-electron chi connectivity index (χ0n) is 19.4. The molecule has 1 aliphatic rings. The molecule has 0 spiro atoms. The Morgan fingerprint density at radius 2 is 1.68 bits per heavy atom. The summed E-state index contributed by atoms with van der Waals surface area (Å²) in [6, 6.07) is 15.0. The molecule has 5 rings (SSSR count). The molecule has 4 aromatic rings. The quantitative estimate of drug-likeness (QED) is 0.428. The Morgan fingerprint density at radius 3 is 2.32 bits per heavy atom. The summed E-state index contributed by atoms with van der Waals surface area (Å²) in [6.45, 7) is 6.05. The largest absolute Gasteiger partial charge is 0.322 e. The number of hydrogen-bond donors (Lipinski definition) is 2. The molecule has 2 heterocycles. The van der Waals surface area contributed by atoms with Crippen LogP contribution >= 0.6 is 0 Å². The van der Waals surface area contributed by atoms with E-state index in [0.29, 0.717) is 33.8 Å². The van der Waals surface area contributed by atoms with Crippen LogP contribution < -0.4 is 10.6 Å². The van der Waals surface area contributed by atoms with E-state index < -0.39 is 0 Å². The lowest BCUT2D eigenvalue weighted by Crippen LogP contribution is -2.15. The minimum absolute atomic E-state index is 0.0163. The lowest BCUT2D eigenvalue weighted by atomic mass is 10.1. The number of rotatable bonds is 6. The molecule has 2 aromatic heterocycles. The highest BCUT2D eigenvalue weighted by atomic mass is 16.2. The van der Waals surface area contributed by atoms with Crippen LogP contribution in [0.5, 0.6) is 0 Å². The van der Waals surface area contributed by atoms with Gasteiger partial charge in [0.2, 0.25) is 5.91 Å². The van der Waals surface area contributed by atoms with E-state index >= 15 is 0 Å². The maximum atomic E-state index is 12.6. The van der Waals surface area contributed by atoms with Gasteiger partial charge >= 0.3 is 0 Å². The predicted octanol–water partition coefficient (Wildman–Crippen LogP) is 4.98. The van der Waals surface area contributed by atoms with Crippen molar-refractivity contribution in [1.82, 2.24) is 19.7 Å². The summed E-state index contributed by atoms with van der Waals surface area (Å²) in [4.78, 5) is 33.8. The average molecular weight is 455 g/mol. The van der Waals surface area contributed by atoms with Crippen LogP contribution in [0, 0.1) is 12.8 Å². The van der Waals surface area contributed by atoms with Crippen molar-refractivity contribution < 1.29 is 9.59 Å². The van der Waals surface area contributed by atoms with Crippen LogP contribution in [0.4, 0.5) is 11.5 Å². The molecule has 0 radical (unpaired) electrons. The molecule has 1 saturated carbocycles. The molecule has 0 saturated heterocycles. The van der Waals surface area contributed by atoms with E-state index in [1.807, 2.05) is 61.9 Å². The zero-order valence-corrected chi connectivity index (χ0v) is 19.4. The molecule has 2 aromatic carbocycles. The number of amides is 2. The molecule has 0 aliphatic heterocycles. The van der Waals surface area contributed by atoms with Gasteiger partial charge in [-0.25, -0.2) is 14.6 Å². The Morgan fingerprint density at radius 1 is 0.971 bits per heavy atom. The van der Waals surface area contributed by atoms with E-state index in [1.54, 1.807) is 12.1 Å². The van der Waals surface area contributed by atoms with Gasteiger partial charge in [-0.05, 0) is 57.9 Å². The standard InChI is InChI=1S/C26H26N6O2/c1-15(2)32-24-21(23(27-14-28-24)30-26(34)19-8-9-19)22(31-32)17-10-12-20(13-11-17)29-25(33)18-6-4-16(3)5-7-18/h4-7,10-15,19H,8-9H2,1-3H3,(H,29,33)(H,27,28,30,34). The molecule has 172 valence electrons. The van der Waals surface area contributed by atoms with Crippen molar-refractivity contribution in [1.29, 1.82) is 0 Å². The van der Waals surface area contributed by atoms with Crippen LogP contribution in [0.25, 0.3) is 22.3 Å². The number of aryl methyl sites for hydroxylation is 1. The van der Waals surface area contributed by atoms with E-state index in [1.165, 1.54) is 6.33 Å². The molecule has 1 aliphatic carbocycles. The summed E-state index contributed by atoms with van der Waals surface area (Å²) >= 11 is 0. The molecule has 8 nitrogen and oxygen atoms in total. The van der Waals surface area contributed by atoms with Crippen molar-refractivity contribution in [2.45, 2.75) is 39.7 Å². The summed E-state index contributed by atoms with van der Waals surface area (Å²) in [6.07, 6.45) is 3.28. The SMILES string of the molecule is Cc1ccc(C(=O)Nc2ccc(-c3nn(C(C)C)c4ncnc(NC(=O)C5CC5)c34)cc2)cc1. The number of hydrogen-bond acceptors (Lipinski definition) is 5. The van der Waals surface area contributed by atoms with E-state index in [4.69, 9.17) is 5.10 Å². The fourth-order valence-electron chi connectivity index (χ4n) is 3.81. The first-order valence-electron chi connectivity index (χ1n) is 11.4. The van der Waals surface area contributed by atoms with Crippen LogP contribution in [0.2, 0.25) is 0 Å². The third-order valence-corrected chi connectivity index (χ3v) is 5.90. The van der Waals surface area contributed by atoms with Crippen molar-refractivity contribution in [2.24, 2.45) is 5.92 Å². The Labute approximate surface area is 197 Å². The predicted molar refractivity (Wildman–Crippen MR) is 132 cm³/mol. The van der Waals surface area contributed by atoms with Gasteiger partial charge in [0.1, 0.15) is 17.8 Å². The zero-order chi connectivity index (χ0) is 23.8. The molecule has 0 unspecified atom stereocenters.